The average Bonchev–Trinajstić information content (AvgIpc) is 2.61. The number of urea groups is 1. The predicted octanol–water partition coefficient (Wildman–Crippen LogP) is 3.98. The van der Waals surface area contributed by atoms with Gasteiger partial charge in [0.25, 0.3) is 0 Å². The van der Waals surface area contributed by atoms with E-state index in [2.05, 4.69) is 26.6 Å². The van der Waals surface area contributed by atoms with Gasteiger partial charge in [-0.2, -0.15) is 0 Å². The molecule has 2 aromatic rings. The van der Waals surface area contributed by atoms with Crippen LogP contribution in [-0.4, -0.2) is 33.4 Å². The molecule has 2 N–H and O–H groups in total. The summed E-state index contributed by atoms with van der Waals surface area (Å²) < 4.78 is 16.9. The summed E-state index contributed by atoms with van der Waals surface area (Å²) in [6.45, 7) is 2.60. The molecule has 0 bridgehead atoms. The van der Waals surface area contributed by atoms with Crippen LogP contribution in [0.15, 0.2) is 40.9 Å². The van der Waals surface area contributed by atoms with E-state index in [1.54, 1.807) is 26.4 Å². The summed E-state index contributed by atoms with van der Waals surface area (Å²) in [4.78, 5) is 12.1. The van der Waals surface area contributed by atoms with Crippen molar-refractivity contribution in [2.45, 2.75) is 6.92 Å². The van der Waals surface area contributed by atoms with Crippen LogP contribution in [0.25, 0.3) is 0 Å². The van der Waals surface area contributed by atoms with Crippen LogP contribution in [0.4, 0.5) is 10.5 Å². The lowest BCUT2D eigenvalue weighted by atomic mass is 10.2. The lowest BCUT2D eigenvalue weighted by molar-refractivity contribution is 0.247. The second-order valence-electron chi connectivity index (χ2n) is 5.21. The topological polar surface area (TPSA) is 68.8 Å². The van der Waals surface area contributed by atoms with Gasteiger partial charge in [0.15, 0.2) is 0 Å². The van der Waals surface area contributed by atoms with Gasteiger partial charge in [-0.3, -0.25) is 0 Å². The van der Waals surface area contributed by atoms with Gasteiger partial charge >= 0.3 is 6.03 Å². The standard InChI is InChI=1S/C18H21BrN2O4/c1-12-9-13(19)10-16(24-3)17(12)21-18(22)20-7-8-25-15-6-4-5-14(11-15)23-2/h4-6,9-11H,7-8H2,1-3H3,(H2,20,21,22). The third-order valence-corrected chi connectivity index (χ3v) is 3.88. The molecule has 0 saturated heterocycles. The molecule has 2 rings (SSSR count). The Morgan fingerprint density at radius 3 is 2.60 bits per heavy atom. The Morgan fingerprint density at radius 2 is 1.88 bits per heavy atom. The fourth-order valence-corrected chi connectivity index (χ4v) is 2.77. The van der Waals surface area contributed by atoms with E-state index in [1.807, 2.05) is 31.2 Å². The largest absolute Gasteiger partial charge is 0.497 e. The van der Waals surface area contributed by atoms with Crippen LogP contribution in [0.1, 0.15) is 5.56 Å². The zero-order chi connectivity index (χ0) is 18.2. The van der Waals surface area contributed by atoms with Crippen LogP contribution in [0, 0.1) is 6.92 Å². The maximum Gasteiger partial charge on any atom is 0.319 e. The first kappa shape index (κ1) is 18.9. The lowest BCUT2D eigenvalue weighted by Gasteiger charge is -2.14. The van der Waals surface area contributed by atoms with Crippen LogP contribution in [0.3, 0.4) is 0 Å². The van der Waals surface area contributed by atoms with Gasteiger partial charge in [-0.1, -0.05) is 22.0 Å². The number of methoxy groups -OCH3 is 2. The summed E-state index contributed by atoms with van der Waals surface area (Å²) in [6, 6.07) is 10.7. The maximum absolute atomic E-state index is 12.1. The average molecular weight is 409 g/mol. The number of halogens is 1. The lowest BCUT2D eigenvalue weighted by Crippen LogP contribution is -2.32. The van der Waals surface area contributed by atoms with E-state index in [0.29, 0.717) is 30.3 Å². The van der Waals surface area contributed by atoms with Gasteiger partial charge in [0.05, 0.1) is 26.5 Å². The predicted molar refractivity (Wildman–Crippen MR) is 101 cm³/mol. The van der Waals surface area contributed by atoms with E-state index >= 15 is 0 Å². The zero-order valence-corrected chi connectivity index (χ0v) is 16.0. The Morgan fingerprint density at radius 1 is 1.12 bits per heavy atom. The minimum absolute atomic E-state index is 0.321. The Kier molecular flexibility index (Phi) is 6.94. The summed E-state index contributed by atoms with van der Waals surface area (Å²) in [5.41, 5.74) is 1.53. The van der Waals surface area contributed by atoms with Gasteiger partial charge in [-0.05, 0) is 36.8 Å². The highest BCUT2D eigenvalue weighted by Crippen LogP contribution is 2.31. The third-order valence-electron chi connectivity index (χ3n) is 3.42. The van der Waals surface area contributed by atoms with Crippen molar-refractivity contribution in [2.75, 3.05) is 32.7 Å². The van der Waals surface area contributed by atoms with E-state index < -0.39 is 0 Å². The van der Waals surface area contributed by atoms with Crippen molar-refractivity contribution >= 4 is 27.6 Å². The molecule has 2 aromatic carbocycles. The first-order chi connectivity index (χ1) is 12.0. The molecule has 0 aromatic heterocycles. The van der Waals surface area contributed by atoms with E-state index in [1.165, 1.54) is 0 Å². The highest BCUT2D eigenvalue weighted by molar-refractivity contribution is 9.10. The number of carbonyl (C=O) groups excluding carboxylic acids is 1. The number of anilines is 1. The molecule has 0 atom stereocenters. The van der Waals surface area contributed by atoms with Gasteiger partial charge in [-0.25, -0.2) is 4.79 Å². The van der Waals surface area contributed by atoms with Gasteiger partial charge in [0.2, 0.25) is 0 Å². The first-order valence-corrected chi connectivity index (χ1v) is 8.48. The number of ether oxygens (including phenoxy) is 3. The number of amides is 2. The molecule has 6 nitrogen and oxygen atoms in total. The van der Waals surface area contributed by atoms with Gasteiger partial charge in [-0.15, -0.1) is 0 Å². The number of rotatable bonds is 7. The number of hydrogen-bond acceptors (Lipinski definition) is 4. The Bertz CT molecular complexity index is 737. The van der Waals surface area contributed by atoms with Crippen molar-refractivity contribution in [1.29, 1.82) is 0 Å². The molecule has 0 spiro atoms. The summed E-state index contributed by atoms with van der Waals surface area (Å²) in [7, 11) is 3.16. The van der Waals surface area contributed by atoms with E-state index in [-0.39, 0.29) is 6.03 Å². The van der Waals surface area contributed by atoms with Crippen molar-refractivity contribution in [3.63, 3.8) is 0 Å². The molecular formula is C18H21BrN2O4. The minimum atomic E-state index is -0.321. The van der Waals surface area contributed by atoms with Crippen molar-refractivity contribution in [3.8, 4) is 17.2 Å². The van der Waals surface area contributed by atoms with Gasteiger partial charge in [0.1, 0.15) is 23.9 Å². The fraction of sp³-hybridized carbons (Fsp3) is 0.278. The Hall–Kier alpha value is -2.41. The normalized spacial score (nSPS) is 10.1. The molecule has 2 amide bonds. The zero-order valence-electron chi connectivity index (χ0n) is 14.4. The Labute approximate surface area is 155 Å². The fourth-order valence-electron chi connectivity index (χ4n) is 2.22. The van der Waals surface area contributed by atoms with Crippen LogP contribution < -0.4 is 24.8 Å². The highest BCUT2D eigenvalue weighted by atomic mass is 79.9. The number of hydrogen-bond donors (Lipinski definition) is 2. The highest BCUT2D eigenvalue weighted by Gasteiger charge is 2.11. The SMILES string of the molecule is COc1cccc(OCCNC(=O)Nc2c(C)cc(Br)cc2OC)c1. The molecule has 0 fully saturated rings. The second-order valence-corrected chi connectivity index (χ2v) is 6.12. The third kappa shape index (κ3) is 5.56. The van der Waals surface area contributed by atoms with Crippen molar-refractivity contribution in [1.82, 2.24) is 5.32 Å². The minimum Gasteiger partial charge on any atom is -0.497 e. The molecule has 25 heavy (non-hydrogen) atoms. The molecule has 0 aliphatic heterocycles. The van der Waals surface area contributed by atoms with E-state index in [9.17, 15) is 4.79 Å². The monoisotopic (exact) mass is 408 g/mol. The molecule has 0 radical (unpaired) electrons. The summed E-state index contributed by atoms with van der Waals surface area (Å²) in [5.74, 6) is 2.00. The molecule has 0 aliphatic carbocycles. The smallest absolute Gasteiger partial charge is 0.319 e. The molecule has 0 heterocycles. The molecule has 7 heteroatoms. The van der Waals surface area contributed by atoms with Gasteiger partial charge < -0.3 is 24.8 Å². The number of nitrogens with one attached hydrogen (secondary N) is 2. The first-order valence-electron chi connectivity index (χ1n) is 7.69. The Balaban J connectivity index is 1.83. The molecular weight excluding hydrogens is 388 g/mol. The van der Waals surface area contributed by atoms with Crippen LogP contribution in [0.2, 0.25) is 0 Å². The number of aryl methyl sites for hydroxylation is 1. The molecule has 0 saturated carbocycles. The summed E-state index contributed by atoms with van der Waals surface area (Å²) >= 11 is 3.40. The second kappa shape index (κ2) is 9.17. The van der Waals surface area contributed by atoms with Crippen LogP contribution in [0.5, 0.6) is 17.2 Å². The van der Waals surface area contributed by atoms with Crippen molar-refractivity contribution in [3.05, 3.63) is 46.4 Å². The summed E-state index contributed by atoms with van der Waals surface area (Å²) in [6.07, 6.45) is 0. The van der Waals surface area contributed by atoms with E-state index in [0.717, 1.165) is 15.8 Å². The quantitative estimate of drug-likeness (QED) is 0.679. The molecule has 0 unspecified atom stereocenters. The number of carbonyl (C=O) groups is 1. The van der Waals surface area contributed by atoms with Crippen molar-refractivity contribution in [2.24, 2.45) is 0 Å². The maximum atomic E-state index is 12.1. The van der Waals surface area contributed by atoms with Crippen LogP contribution >= 0.6 is 15.9 Å². The van der Waals surface area contributed by atoms with Crippen LogP contribution in [-0.2, 0) is 0 Å². The molecule has 0 aliphatic rings. The van der Waals surface area contributed by atoms with Gasteiger partial charge in [0, 0.05) is 10.5 Å². The molecule has 134 valence electrons. The summed E-state index contributed by atoms with van der Waals surface area (Å²) in [5, 5.41) is 5.55. The number of benzene rings is 2. The van der Waals surface area contributed by atoms with E-state index in [4.69, 9.17) is 14.2 Å². The van der Waals surface area contributed by atoms with Crippen molar-refractivity contribution < 1.29 is 19.0 Å².